The van der Waals surface area contributed by atoms with Crippen LogP contribution in [-0.4, -0.2) is 31.3 Å². The lowest BCUT2D eigenvalue weighted by Crippen LogP contribution is -2.27. The van der Waals surface area contributed by atoms with Crippen molar-refractivity contribution in [3.05, 3.63) is 51.4 Å². The Morgan fingerprint density at radius 1 is 1.34 bits per heavy atom. The maximum absolute atomic E-state index is 12.8. The normalized spacial score (nSPS) is 11.8. The number of hydrogen-bond donors (Lipinski definition) is 3. The van der Waals surface area contributed by atoms with Crippen LogP contribution in [0.15, 0.2) is 34.2 Å². The third-order valence-electron chi connectivity index (χ3n) is 4.36. The number of aromatic nitrogens is 3. The van der Waals surface area contributed by atoms with Gasteiger partial charge < -0.3 is 20.0 Å². The molecule has 0 spiro atoms. The number of hydrogen-bond acceptors (Lipinski definition) is 5. The van der Waals surface area contributed by atoms with Crippen molar-refractivity contribution < 1.29 is 23.1 Å². The Balaban J connectivity index is 1.63. The number of benzene rings is 1. The highest BCUT2D eigenvalue weighted by Crippen LogP contribution is 2.31. The maximum atomic E-state index is 12.8. The summed E-state index contributed by atoms with van der Waals surface area (Å²) in [6.07, 6.45) is -4.45. The summed E-state index contributed by atoms with van der Waals surface area (Å²) < 4.78 is 39.9. The van der Waals surface area contributed by atoms with Crippen LogP contribution in [0.3, 0.4) is 0 Å². The first-order valence-electron chi connectivity index (χ1n) is 8.41. The van der Waals surface area contributed by atoms with Gasteiger partial charge in [-0.25, -0.2) is 4.98 Å². The Morgan fingerprint density at radius 3 is 2.76 bits per heavy atom. The molecule has 1 aromatic carbocycles. The lowest BCUT2D eigenvalue weighted by atomic mass is 10.2. The number of aromatic hydroxyl groups is 1. The second kappa shape index (κ2) is 7.82. The molecule has 0 atom stereocenters. The predicted octanol–water partition coefficient (Wildman–Crippen LogP) is 2.70. The molecule has 11 heteroatoms. The zero-order chi connectivity index (χ0) is 21.3. The van der Waals surface area contributed by atoms with Gasteiger partial charge in [0.2, 0.25) is 11.3 Å². The van der Waals surface area contributed by atoms with Gasteiger partial charge in [-0.2, -0.15) is 13.2 Å². The van der Waals surface area contributed by atoms with Gasteiger partial charge in [-0.3, -0.25) is 9.59 Å². The van der Waals surface area contributed by atoms with Crippen LogP contribution >= 0.6 is 11.8 Å². The van der Waals surface area contributed by atoms with Crippen LogP contribution in [0.25, 0.3) is 11.0 Å². The Morgan fingerprint density at radius 2 is 2.07 bits per heavy atom. The molecule has 0 radical (unpaired) electrons. The molecule has 0 saturated carbocycles. The number of halogens is 3. The van der Waals surface area contributed by atoms with Gasteiger partial charge in [-0.15, -0.1) is 0 Å². The van der Waals surface area contributed by atoms with Crippen molar-refractivity contribution in [1.29, 1.82) is 0 Å². The topological polar surface area (TPSA) is 100 Å². The zero-order valence-electron chi connectivity index (χ0n) is 15.4. The third kappa shape index (κ3) is 4.56. The zero-order valence-corrected chi connectivity index (χ0v) is 16.2. The molecule has 0 bridgehead atoms. The summed E-state index contributed by atoms with van der Waals surface area (Å²) >= 11 is 1.03. The minimum Gasteiger partial charge on any atom is -0.503 e. The van der Waals surface area contributed by atoms with E-state index in [1.165, 1.54) is 12.1 Å². The SMILES string of the molecule is Cc1cc(=O)c(O)c(CNC(=O)CSc2nc3ccc(C(F)(F)F)cc3[nH]2)n1C. The number of thioether (sulfide) groups is 1. The van der Waals surface area contributed by atoms with E-state index in [9.17, 15) is 27.9 Å². The number of nitrogens with zero attached hydrogens (tertiary/aromatic N) is 2. The molecule has 29 heavy (non-hydrogen) atoms. The molecule has 0 fully saturated rings. The fourth-order valence-corrected chi connectivity index (χ4v) is 3.38. The maximum Gasteiger partial charge on any atom is 0.416 e. The lowest BCUT2D eigenvalue weighted by Gasteiger charge is -2.14. The van der Waals surface area contributed by atoms with Gasteiger partial charge in [-0.1, -0.05) is 11.8 Å². The Bertz CT molecular complexity index is 1140. The standard InChI is InChI=1S/C18H17F3N4O3S/c1-9-5-14(26)16(28)13(25(9)2)7-22-15(27)8-29-17-23-11-4-3-10(18(19,20)21)6-12(11)24-17/h3-6,28H,7-8H2,1-2H3,(H,22,27)(H,23,24). The summed E-state index contributed by atoms with van der Waals surface area (Å²) in [5.74, 6) is -0.865. The van der Waals surface area contributed by atoms with Crippen LogP contribution in [0.2, 0.25) is 0 Å². The average Bonchev–Trinajstić information content (AvgIpc) is 3.06. The van der Waals surface area contributed by atoms with Crippen LogP contribution < -0.4 is 10.7 Å². The van der Waals surface area contributed by atoms with Crippen molar-refractivity contribution in [3.8, 4) is 5.75 Å². The van der Waals surface area contributed by atoms with Gasteiger partial charge >= 0.3 is 6.18 Å². The molecule has 0 unspecified atom stereocenters. The fraction of sp³-hybridized carbons (Fsp3) is 0.278. The molecule has 3 rings (SSSR count). The van der Waals surface area contributed by atoms with Crippen LogP contribution in [0.4, 0.5) is 13.2 Å². The molecule has 1 amide bonds. The van der Waals surface area contributed by atoms with Gasteiger partial charge in [0.25, 0.3) is 0 Å². The fourth-order valence-electron chi connectivity index (χ4n) is 2.67. The number of alkyl halides is 3. The number of rotatable bonds is 5. The van der Waals surface area contributed by atoms with E-state index in [-0.39, 0.29) is 29.4 Å². The first kappa shape index (κ1) is 20.8. The van der Waals surface area contributed by atoms with Crippen molar-refractivity contribution in [2.75, 3.05) is 5.75 Å². The van der Waals surface area contributed by atoms with Crippen LogP contribution in [0.1, 0.15) is 17.0 Å². The van der Waals surface area contributed by atoms with Crippen molar-refractivity contribution in [2.45, 2.75) is 24.8 Å². The second-order valence-electron chi connectivity index (χ2n) is 6.34. The van der Waals surface area contributed by atoms with E-state index in [1.807, 2.05) is 0 Å². The number of pyridine rings is 1. The summed E-state index contributed by atoms with van der Waals surface area (Å²) in [7, 11) is 1.66. The number of carbonyl (C=O) groups is 1. The molecule has 7 nitrogen and oxygen atoms in total. The molecule has 0 aliphatic rings. The van der Waals surface area contributed by atoms with E-state index in [0.717, 1.165) is 23.9 Å². The highest BCUT2D eigenvalue weighted by atomic mass is 32.2. The molecule has 0 aliphatic carbocycles. The Hall–Kier alpha value is -2.95. The number of fused-ring (bicyclic) bond motifs is 1. The van der Waals surface area contributed by atoms with Crippen LogP contribution in [-0.2, 0) is 24.6 Å². The van der Waals surface area contributed by atoms with Crippen LogP contribution in [0, 0.1) is 6.92 Å². The molecule has 3 aromatic rings. The van der Waals surface area contributed by atoms with Gasteiger partial charge in [0, 0.05) is 18.8 Å². The largest absolute Gasteiger partial charge is 0.503 e. The summed E-state index contributed by atoms with van der Waals surface area (Å²) in [4.78, 5) is 30.7. The third-order valence-corrected chi connectivity index (χ3v) is 5.23. The summed E-state index contributed by atoms with van der Waals surface area (Å²) in [5.41, 5.74) is 0.179. The quantitative estimate of drug-likeness (QED) is 0.545. The number of aryl methyl sites for hydroxylation is 1. The van der Waals surface area contributed by atoms with E-state index >= 15 is 0 Å². The van der Waals surface area contributed by atoms with E-state index in [1.54, 1.807) is 18.5 Å². The van der Waals surface area contributed by atoms with Gasteiger partial charge in [0.05, 0.1) is 34.6 Å². The average molecular weight is 426 g/mol. The number of imidazole rings is 1. The molecule has 2 aromatic heterocycles. The molecule has 0 aliphatic heterocycles. The molecular formula is C18H17F3N4O3S. The Labute approximate surface area is 167 Å². The first-order chi connectivity index (χ1) is 13.6. The minimum atomic E-state index is -4.45. The highest BCUT2D eigenvalue weighted by Gasteiger charge is 2.30. The van der Waals surface area contributed by atoms with Gasteiger partial charge in [0.1, 0.15) is 0 Å². The molecule has 0 saturated heterocycles. The van der Waals surface area contributed by atoms with Crippen molar-refractivity contribution in [1.82, 2.24) is 19.9 Å². The highest BCUT2D eigenvalue weighted by molar-refractivity contribution is 7.99. The van der Waals surface area contributed by atoms with E-state index in [0.29, 0.717) is 16.4 Å². The second-order valence-corrected chi connectivity index (χ2v) is 7.31. The molecule has 2 heterocycles. The van der Waals surface area contributed by atoms with E-state index in [4.69, 9.17) is 0 Å². The van der Waals surface area contributed by atoms with Crippen molar-refractivity contribution >= 4 is 28.7 Å². The number of carbonyl (C=O) groups excluding carboxylic acids is 1. The summed E-state index contributed by atoms with van der Waals surface area (Å²) in [6, 6.07) is 4.47. The summed E-state index contributed by atoms with van der Waals surface area (Å²) in [5, 5.41) is 12.8. The van der Waals surface area contributed by atoms with Crippen molar-refractivity contribution in [2.24, 2.45) is 7.05 Å². The predicted molar refractivity (Wildman–Crippen MR) is 102 cm³/mol. The number of H-pyrrole nitrogens is 1. The van der Waals surface area contributed by atoms with Crippen LogP contribution in [0.5, 0.6) is 5.75 Å². The summed E-state index contributed by atoms with van der Waals surface area (Å²) in [6.45, 7) is 1.65. The molecule has 3 N–H and O–H groups in total. The number of nitrogens with one attached hydrogen (secondary N) is 2. The smallest absolute Gasteiger partial charge is 0.416 e. The first-order valence-corrected chi connectivity index (χ1v) is 9.39. The van der Waals surface area contributed by atoms with E-state index < -0.39 is 22.9 Å². The number of amides is 1. The van der Waals surface area contributed by atoms with Gasteiger partial charge in [-0.05, 0) is 25.1 Å². The van der Waals surface area contributed by atoms with Crippen molar-refractivity contribution in [3.63, 3.8) is 0 Å². The molecule has 154 valence electrons. The lowest BCUT2D eigenvalue weighted by molar-refractivity contribution is -0.137. The van der Waals surface area contributed by atoms with E-state index in [2.05, 4.69) is 15.3 Å². The number of aromatic amines is 1. The Kier molecular flexibility index (Phi) is 5.60. The molecular weight excluding hydrogens is 409 g/mol. The minimum absolute atomic E-state index is 0.0479. The monoisotopic (exact) mass is 426 g/mol. The van der Waals surface area contributed by atoms with Gasteiger partial charge in [0.15, 0.2) is 10.9 Å².